The Morgan fingerprint density at radius 3 is 2.35 bits per heavy atom. The maximum absolute atomic E-state index is 10.8. The van der Waals surface area contributed by atoms with Crippen molar-refractivity contribution in [2.24, 2.45) is 0 Å². The quantitative estimate of drug-likeness (QED) is 0.666. The number of nitrogens with zero attached hydrogens (tertiary/aromatic N) is 1. The molecule has 0 radical (unpaired) electrons. The van der Waals surface area contributed by atoms with Gasteiger partial charge < -0.3 is 15.3 Å². The second kappa shape index (κ2) is 6.70. The predicted octanol–water partition coefficient (Wildman–Crippen LogP) is 0.541. The van der Waals surface area contributed by atoms with Crippen LogP contribution in [0, 0.1) is 6.92 Å². The molecule has 0 amide bonds. The first-order valence-electron chi connectivity index (χ1n) is 5.35. The highest BCUT2D eigenvalue weighted by molar-refractivity contribution is 7.14. The van der Waals surface area contributed by atoms with E-state index in [1.165, 1.54) is 11.3 Å². The lowest BCUT2D eigenvalue weighted by atomic mass is 10.2. The summed E-state index contributed by atoms with van der Waals surface area (Å²) in [5.41, 5.74) is 0.939. The number of aliphatic hydroxyl groups excluding tert-OH is 2. The summed E-state index contributed by atoms with van der Waals surface area (Å²) in [6.07, 6.45) is 0. The summed E-state index contributed by atoms with van der Waals surface area (Å²) < 4.78 is 0. The second-order valence-corrected chi connectivity index (χ2v) is 4.98. The second-order valence-electron chi connectivity index (χ2n) is 3.72. The van der Waals surface area contributed by atoms with Crippen LogP contribution in [0.1, 0.15) is 20.1 Å². The Morgan fingerprint density at radius 2 is 1.94 bits per heavy atom. The Kier molecular flexibility index (Phi) is 5.57. The molecular weight excluding hydrogens is 242 g/mol. The number of aromatic carboxylic acids is 1. The van der Waals surface area contributed by atoms with Crippen LogP contribution < -0.4 is 0 Å². The molecule has 0 aliphatic heterocycles. The summed E-state index contributed by atoms with van der Waals surface area (Å²) >= 11 is 1.25. The SMILES string of the molecule is Cc1sc(C(=O)O)cc1CN(CCO)CCO. The third-order valence-electron chi connectivity index (χ3n) is 2.46. The third kappa shape index (κ3) is 4.08. The Labute approximate surface area is 104 Å². The van der Waals surface area contributed by atoms with Crippen LogP contribution >= 0.6 is 11.3 Å². The van der Waals surface area contributed by atoms with Crippen LogP contribution in [0.25, 0.3) is 0 Å². The van der Waals surface area contributed by atoms with Gasteiger partial charge in [0.15, 0.2) is 0 Å². The van der Waals surface area contributed by atoms with E-state index in [4.69, 9.17) is 15.3 Å². The normalized spacial score (nSPS) is 11.1. The van der Waals surface area contributed by atoms with Crippen molar-refractivity contribution < 1.29 is 20.1 Å². The van der Waals surface area contributed by atoms with Crippen LogP contribution in [0.2, 0.25) is 0 Å². The van der Waals surface area contributed by atoms with Crippen molar-refractivity contribution in [1.82, 2.24) is 4.90 Å². The van der Waals surface area contributed by atoms with Crippen LogP contribution in [0.15, 0.2) is 6.07 Å². The smallest absolute Gasteiger partial charge is 0.345 e. The summed E-state index contributed by atoms with van der Waals surface area (Å²) in [5, 5.41) is 26.7. The lowest BCUT2D eigenvalue weighted by Gasteiger charge is -2.19. The molecule has 1 heterocycles. The summed E-state index contributed by atoms with van der Waals surface area (Å²) in [5.74, 6) is -0.916. The van der Waals surface area contributed by atoms with Crippen LogP contribution in [0.5, 0.6) is 0 Å². The molecule has 0 bridgehead atoms. The molecule has 96 valence electrons. The van der Waals surface area contributed by atoms with Gasteiger partial charge in [0.1, 0.15) is 4.88 Å². The Balaban J connectivity index is 2.74. The van der Waals surface area contributed by atoms with Crippen molar-refractivity contribution in [3.63, 3.8) is 0 Å². The minimum atomic E-state index is -0.916. The van der Waals surface area contributed by atoms with Gasteiger partial charge in [-0.3, -0.25) is 4.90 Å². The summed E-state index contributed by atoms with van der Waals surface area (Å²) in [6, 6.07) is 1.66. The molecule has 1 aromatic rings. The molecule has 0 spiro atoms. The van der Waals surface area contributed by atoms with Gasteiger partial charge in [0.2, 0.25) is 0 Å². The number of thiophene rings is 1. The molecule has 0 saturated heterocycles. The Morgan fingerprint density at radius 1 is 1.35 bits per heavy atom. The van der Waals surface area contributed by atoms with E-state index in [-0.39, 0.29) is 13.2 Å². The van der Waals surface area contributed by atoms with Crippen molar-refractivity contribution in [1.29, 1.82) is 0 Å². The highest BCUT2D eigenvalue weighted by Crippen LogP contribution is 2.22. The van der Waals surface area contributed by atoms with E-state index in [1.807, 2.05) is 11.8 Å². The van der Waals surface area contributed by atoms with Crippen molar-refractivity contribution >= 4 is 17.3 Å². The highest BCUT2D eigenvalue weighted by Gasteiger charge is 2.13. The molecule has 0 unspecified atom stereocenters. The number of carboxylic acid groups (broad SMARTS) is 1. The number of carbonyl (C=O) groups is 1. The van der Waals surface area contributed by atoms with Gasteiger partial charge in [-0.05, 0) is 18.6 Å². The third-order valence-corrected chi connectivity index (χ3v) is 3.54. The van der Waals surface area contributed by atoms with E-state index >= 15 is 0 Å². The zero-order chi connectivity index (χ0) is 12.8. The van der Waals surface area contributed by atoms with Crippen molar-refractivity contribution in [3.8, 4) is 0 Å². The molecule has 1 aromatic heterocycles. The van der Waals surface area contributed by atoms with Gasteiger partial charge in [-0.1, -0.05) is 0 Å². The molecule has 0 aromatic carbocycles. The van der Waals surface area contributed by atoms with Crippen LogP contribution in [0.4, 0.5) is 0 Å². The van der Waals surface area contributed by atoms with Gasteiger partial charge >= 0.3 is 5.97 Å². The first-order chi connectivity index (χ1) is 8.08. The molecule has 3 N–H and O–H groups in total. The largest absolute Gasteiger partial charge is 0.477 e. The molecule has 0 aliphatic carbocycles. The molecule has 0 fully saturated rings. The van der Waals surface area contributed by atoms with Gasteiger partial charge in [0.05, 0.1) is 13.2 Å². The zero-order valence-electron chi connectivity index (χ0n) is 9.72. The van der Waals surface area contributed by atoms with Crippen LogP contribution in [-0.4, -0.2) is 52.5 Å². The van der Waals surface area contributed by atoms with E-state index < -0.39 is 5.97 Å². The Bertz CT molecular complexity index is 372. The number of hydrogen-bond acceptors (Lipinski definition) is 5. The lowest BCUT2D eigenvalue weighted by Crippen LogP contribution is -2.29. The Hall–Kier alpha value is -0.950. The van der Waals surface area contributed by atoms with Crippen molar-refractivity contribution in [2.75, 3.05) is 26.3 Å². The molecular formula is C11H17NO4S. The molecule has 0 saturated carbocycles. The van der Waals surface area contributed by atoms with Gasteiger partial charge in [0.25, 0.3) is 0 Å². The van der Waals surface area contributed by atoms with E-state index in [9.17, 15) is 4.79 Å². The maximum atomic E-state index is 10.8. The lowest BCUT2D eigenvalue weighted by molar-refractivity contribution is 0.0702. The molecule has 5 nitrogen and oxygen atoms in total. The number of rotatable bonds is 7. The average molecular weight is 259 g/mol. The molecule has 1 rings (SSSR count). The van der Waals surface area contributed by atoms with Crippen LogP contribution in [0.3, 0.4) is 0 Å². The maximum Gasteiger partial charge on any atom is 0.345 e. The van der Waals surface area contributed by atoms with Crippen molar-refractivity contribution in [2.45, 2.75) is 13.5 Å². The molecule has 17 heavy (non-hydrogen) atoms. The first-order valence-corrected chi connectivity index (χ1v) is 6.16. The fourth-order valence-corrected chi connectivity index (χ4v) is 2.45. The fourth-order valence-electron chi connectivity index (χ4n) is 1.58. The first kappa shape index (κ1) is 14.1. The molecule has 0 aliphatic rings. The average Bonchev–Trinajstić information content (AvgIpc) is 2.61. The van der Waals surface area contributed by atoms with E-state index in [1.54, 1.807) is 6.07 Å². The molecule has 0 atom stereocenters. The molecule has 6 heteroatoms. The topological polar surface area (TPSA) is 81.0 Å². The number of hydrogen-bond donors (Lipinski definition) is 3. The van der Waals surface area contributed by atoms with Gasteiger partial charge in [-0.15, -0.1) is 11.3 Å². The van der Waals surface area contributed by atoms with Gasteiger partial charge in [-0.2, -0.15) is 0 Å². The van der Waals surface area contributed by atoms with Gasteiger partial charge in [0, 0.05) is 24.5 Å². The zero-order valence-corrected chi connectivity index (χ0v) is 10.5. The summed E-state index contributed by atoms with van der Waals surface area (Å²) in [4.78, 5) is 14.0. The predicted molar refractivity (Wildman–Crippen MR) is 65.5 cm³/mol. The number of aliphatic hydroxyl groups is 2. The van der Waals surface area contributed by atoms with Crippen LogP contribution in [-0.2, 0) is 6.54 Å². The highest BCUT2D eigenvalue weighted by atomic mass is 32.1. The summed E-state index contributed by atoms with van der Waals surface area (Å²) in [6.45, 7) is 3.42. The van der Waals surface area contributed by atoms with Gasteiger partial charge in [-0.25, -0.2) is 4.79 Å². The number of carboxylic acids is 1. The van der Waals surface area contributed by atoms with E-state index in [0.717, 1.165) is 10.4 Å². The fraction of sp³-hybridized carbons (Fsp3) is 0.545. The summed E-state index contributed by atoms with van der Waals surface area (Å²) in [7, 11) is 0. The van der Waals surface area contributed by atoms with E-state index in [2.05, 4.69) is 0 Å². The standard InChI is InChI=1S/C11H17NO4S/c1-8-9(6-10(17-8)11(15)16)7-12(2-4-13)3-5-14/h6,13-14H,2-5,7H2,1H3,(H,15,16). The monoisotopic (exact) mass is 259 g/mol. The minimum absolute atomic E-state index is 0.0228. The number of aryl methyl sites for hydroxylation is 1. The minimum Gasteiger partial charge on any atom is -0.477 e. The van der Waals surface area contributed by atoms with E-state index in [0.29, 0.717) is 24.5 Å². The van der Waals surface area contributed by atoms with Crippen molar-refractivity contribution in [3.05, 3.63) is 21.4 Å².